The third-order valence-corrected chi connectivity index (χ3v) is 6.04. The largest absolute Gasteiger partial charge is 0.496 e. The lowest BCUT2D eigenvalue weighted by atomic mass is 9.95. The quantitative estimate of drug-likeness (QED) is 0.381. The van der Waals surface area contributed by atoms with Gasteiger partial charge in [0.2, 0.25) is 5.95 Å². The lowest BCUT2D eigenvalue weighted by Gasteiger charge is -2.22. The Morgan fingerprint density at radius 2 is 1.69 bits per heavy atom. The first-order valence-corrected chi connectivity index (χ1v) is 11.9. The predicted octanol–water partition coefficient (Wildman–Crippen LogP) is 4.03. The summed E-state index contributed by atoms with van der Waals surface area (Å²) in [5.41, 5.74) is 2.68. The zero-order valence-corrected chi connectivity index (χ0v) is 21.6. The van der Waals surface area contributed by atoms with Crippen LogP contribution >= 0.6 is 0 Å². The summed E-state index contributed by atoms with van der Waals surface area (Å²) in [6, 6.07) is 4.51. The monoisotopic (exact) mass is 494 g/mol. The van der Waals surface area contributed by atoms with Gasteiger partial charge in [0.25, 0.3) is 0 Å². The fourth-order valence-corrected chi connectivity index (χ4v) is 4.01. The summed E-state index contributed by atoms with van der Waals surface area (Å²) in [7, 11) is 6.85. The number of carbonyl (C=O) groups is 1. The van der Waals surface area contributed by atoms with Crippen molar-refractivity contribution in [1.82, 2.24) is 19.9 Å². The van der Waals surface area contributed by atoms with Gasteiger partial charge in [-0.1, -0.05) is 19.9 Å². The molecule has 0 amide bonds. The standard InChI is InChI=1S/C26H34N6O4/c1-7-16(8-2)18-14-29-26(32(3)4)31-24(18)30-19(25(33)34)12-17-13-28-20(15-27-17)23-21(35-5)10-9-11-22(23)36-6/h9-11,13-16,19H,7-8,12H2,1-6H3,(H,33,34)(H,29,30,31)/t19-/m0/s1. The van der Waals surface area contributed by atoms with Crippen LogP contribution in [0.3, 0.4) is 0 Å². The minimum absolute atomic E-state index is 0.120. The molecule has 0 fully saturated rings. The minimum Gasteiger partial charge on any atom is -0.496 e. The summed E-state index contributed by atoms with van der Waals surface area (Å²) in [6.45, 7) is 4.20. The minimum atomic E-state index is -1.01. The molecule has 3 aromatic rings. The number of aromatic nitrogens is 4. The molecule has 36 heavy (non-hydrogen) atoms. The molecule has 0 aliphatic heterocycles. The summed E-state index contributed by atoms with van der Waals surface area (Å²) in [6.07, 6.45) is 6.87. The summed E-state index contributed by atoms with van der Waals surface area (Å²) < 4.78 is 10.9. The molecule has 10 nitrogen and oxygen atoms in total. The van der Waals surface area contributed by atoms with Crippen LogP contribution in [0.5, 0.6) is 11.5 Å². The molecule has 0 spiro atoms. The Bertz CT molecular complexity index is 1140. The zero-order chi connectivity index (χ0) is 26.2. The Morgan fingerprint density at radius 3 is 2.19 bits per heavy atom. The van der Waals surface area contributed by atoms with Crippen LogP contribution in [0.1, 0.15) is 43.9 Å². The van der Waals surface area contributed by atoms with Crippen LogP contribution in [-0.4, -0.2) is 65.4 Å². The van der Waals surface area contributed by atoms with Crippen molar-refractivity contribution in [3.63, 3.8) is 0 Å². The van der Waals surface area contributed by atoms with Crippen molar-refractivity contribution in [2.75, 3.05) is 38.5 Å². The van der Waals surface area contributed by atoms with Gasteiger partial charge in [-0.25, -0.2) is 9.78 Å². The van der Waals surface area contributed by atoms with Crippen molar-refractivity contribution in [3.05, 3.63) is 48.0 Å². The normalized spacial score (nSPS) is 11.8. The zero-order valence-electron chi connectivity index (χ0n) is 21.6. The van der Waals surface area contributed by atoms with Gasteiger partial charge in [0.15, 0.2) is 0 Å². The smallest absolute Gasteiger partial charge is 0.326 e. The molecule has 0 aliphatic rings. The summed E-state index contributed by atoms with van der Waals surface area (Å²) in [4.78, 5) is 32.1. The van der Waals surface area contributed by atoms with Crippen LogP contribution in [-0.2, 0) is 11.2 Å². The molecule has 0 unspecified atom stereocenters. The van der Waals surface area contributed by atoms with Gasteiger partial charge in [-0.2, -0.15) is 4.98 Å². The second-order valence-corrected chi connectivity index (χ2v) is 8.55. The molecule has 2 heterocycles. The molecule has 10 heteroatoms. The number of anilines is 2. The van der Waals surface area contributed by atoms with Gasteiger partial charge in [0.05, 0.1) is 37.4 Å². The Kier molecular flexibility index (Phi) is 8.99. The number of aliphatic carboxylic acids is 1. The fourth-order valence-electron chi connectivity index (χ4n) is 4.01. The number of rotatable bonds is 12. The second-order valence-electron chi connectivity index (χ2n) is 8.55. The maximum Gasteiger partial charge on any atom is 0.326 e. The highest BCUT2D eigenvalue weighted by Gasteiger charge is 2.24. The maximum atomic E-state index is 12.2. The van der Waals surface area contributed by atoms with E-state index in [0.717, 1.165) is 18.4 Å². The number of hydrogen-bond donors (Lipinski definition) is 2. The summed E-state index contributed by atoms with van der Waals surface area (Å²) >= 11 is 0. The first kappa shape index (κ1) is 26.7. The van der Waals surface area contributed by atoms with E-state index in [1.54, 1.807) is 37.7 Å². The highest BCUT2D eigenvalue weighted by atomic mass is 16.5. The van der Waals surface area contributed by atoms with Crippen LogP contribution < -0.4 is 19.7 Å². The van der Waals surface area contributed by atoms with Crippen LogP contribution in [0.25, 0.3) is 11.3 Å². The van der Waals surface area contributed by atoms with Gasteiger partial charge in [0.1, 0.15) is 23.4 Å². The first-order chi connectivity index (χ1) is 17.3. The molecule has 0 saturated heterocycles. The molecule has 0 radical (unpaired) electrons. The number of carboxylic acids is 1. The average molecular weight is 495 g/mol. The Labute approximate surface area is 211 Å². The van der Waals surface area contributed by atoms with Crippen LogP contribution in [0.2, 0.25) is 0 Å². The SMILES string of the molecule is CCC(CC)c1cnc(N(C)C)nc1N[C@@H](Cc1cnc(-c2c(OC)cccc2OC)cn1)C(=O)O. The number of carboxylic acid groups (broad SMARTS) is 1. The molecule has 1 atom stereocenters. The van der Waals surface area contributed by atoms with E-state index in [1.165, 1.54) is 0 Å². The van der Waals surface area contributed by atoms with Crippen molar-refractivity contribution in [2.45, 2.75) is 45.1 Å². The van der Waals surface area contributed by atoms with Gasteiger partial charge < -0.3 is 24.8 Å². The number of nitrogens with zero attached hydrogens (tertiary/aromatic N) is 5. The van der Waals surface area contributed by atoms with E-state index in [4.69, 9.17) is 9.47 Å². The molecular weight excluding hydrogens is 460 g/mol. The molecule has 192 valence electrons. The van der Waals surface area contributed by atoms with Gasteiger partial charge in [-0.15, -0.1) is 0 Å². The molecule has 3 rings (SSSR count). The van der Waals surface area contributed by atoms with E-state index in [-0.39, 0.29) is 12.3 Å². The lowest BCUT2D eigenvalue weighted by molar-refractivity contribution is -0.137. The highest BCUT2D eigenvalue weighted by Crippen LogP contribution is 2.36. The topological polar surface area (TPSA) is 123 Å². The van der Waals surface area contributed by atoms with Crippen molar-refractivity contribution in [3.8, 4) is 22.8 Å². The van der Waals surface area contributed by atoms with E-state index in [2.05, 4.69) is 39.1 Å². The molecule has 0 saturated carbocycles. The van der Waals surface area contributed by atoms with E-state index >= 15 is 0 Å². The molecule has 2 N–H and O–H groups in total. The van der Waals surface area contributed by atoms with Crippen molar-refractivity contribution < 1.29 is 19.4 Å². The van der Waals surface area contributed by atoms with Crippen molar-refractivity contribution >= 4 is 17.7 Å². The fraction of sp³-hybridized carbons (Fsp3) is 0.423. The van der Waals surface area contributed by atoms with E-state index in [9.17, 15) is 9.90 Å². The molecule has 1 aromatic carbocycles. The summed E-state index contributed by atoms with van der Waals surface area (Å²) in [5.74, 6) is 1.46. The Balaban J connectivity index is 1.90. The number of methoxy groups -OCH3 is 2. The third-order valence-electron chi connectivity index (χ3n) is 6.04. The van der Waals surface area contributed by atoms with Crippen LogP contribution in [0.15, 0.2) is 36.8 Å². The van der Waals surface area contributed by atoms with E-state index in [1.807, 2.05) is 32.3 Å². The van der Waals surface area contributed by atoms with Crippen molar-refractivity contribution in [2.24, 2.45) is 0 Å². The van der Waals surface area contributed by atoms with Gasteiger partial charge in [-0.05, 0) is 30.9 Å². The van der Waals surface area contributed by atoms with Crippen molar-refractivity contribution in [1.29, 1.82) is 0 Å². The predicted molar refractivity (Wildman–Crippen MR) is 139 cm³/mol. The summed E-state index contributed by atoms with van der Waals surface area (Å²) in [5, 5.41) is 13.1. The molecule has 0 bridgehead atoms. The second kappa shape index (κ2) is 12.1. The van der Waals surface area contributed by atoms with E-state index < -0.39 is 12.0 Å². The Morgan fingerprint density at radius 1 is 1.03 bits per heavy atom. The number of nitrogens with one attached hydrogen (secondary N) is 1. The Hall–Kier alpha value is -3.95. The van der Waals surface area contributed by atoms with Crippen LogP contribution in [0.4, 0.5) is 11.8 Å². The number of hydrogen-bond acceptors (Lipinski definition) is 9. The van der Waals surface area contributed by atoms with E-state index in [0.29, 0.717) is 40.2 Å². The third kappa shape index (κ3) is 5.99. The highest BCUT2D eigenvalue weighted by molar-refractivity contribution is 5.78. The van der Waals surface area contributed by atoms with Gasteiger partial charge in [0, 0.05) is 38.5 Å². The van der Waals surface area contributed by atoms with Gasteiger partial charge >= 0.3 is 5.97 Å². The maximum absolute atomic E-state index is 12.2. The molecule has 0 aliphatic carbocycles. The molecule has 2 aromatic heterocycles. The first-order valence-electron chi connectivity index (χ1n) is 11.9. The number of benzene rings is 1. The van der Waals surface area contributed by atoms with Crippen LogP contribution in [0, 0.1) is 0 Å². The average Bonchev–Trinajstić information content (AvgIpc) is 2.89. The molecular formula is C26H34N6O4. The van der Waals surface area contributed by atoms with Gasteiger partial charge in [-0.3, -0.25) is 9.97 Å². The lowest BCUT2D eigenvalue weighted by Crippen LogP contribution is -2.33. The number of ether oxygens (including phenoxy) is 2.